The second-order valence-electron chi connectivity index (χ2n) is 3.99. The van der Waals surface area contributed by atoms with Gasteiger partial charge in [-0.3, -0.25) is 9.89 Å². The smallest absolute Gasteiger partial charge is 0.307 e. The number of rotatable bonds is 3. The molecule has 0 atom stereocenters. The van der Waals surface area contributed by atoms with Crippen molar-refractivity contribution in [1.29, 1.82) is 0 Å². The molecule has 0 aliphatic rings. The Morgan fingerprint density at radius 1 is 1.39 bits per heavy atom. The summed E-state index contributed by atoms with van der Waals surface area (Å²) in [6.07, 6.45) is 1.43. The van der Waals surface area contributed by atoms with Gasteiger partial charge in [-0.15, -0.1) is 0 Å². The monoisotopic (exact) mass is 242 g/mol. The lowest BCUT2D eigenvalue weighted by molar-refractivity contribution is -0.136. The second-order valence-corrected chi connectivity index (χ2v) is 3.99. The molecule has 90 valence electrons. The van der Waals surface area contributed by atoms with Crippen LogP contribution in [-0.4, -0.2) is 21.3 Å². The molecule has 0 unspecified atom stereocenters. The van der Waals surface area contributed by atoms with Crippen LogP contribution in [0.15, 0.2) is 40.9 Å². The third kappa shape index (κ3) is 1.75. The molecule has 3 aromatic rings. The molecule has 18 heavy (non-hydrogen) atoms. The lowest BCUT2D eigenvalue weighted by Crippen LogP contribution is -1.99. The predicted molar refractivity (Wildman–Crippen MR) is 65.1 cm³/mol. The zero-order valence-electron chi connectivity index (χ0n) is 9.38. The van der Waals surface area contributed by atoms with Gasteiger partial charge in [0.05, 0.1) is 12.6 Å². The van der Waals surface area contributed by atoms with Crippen LogP contribution in [0.4, 0.5) is 0 Å². The van der Waals surface area contributed by atoms with Gasteiger partial charge in [-0.25, -0.2) is 0 Å². The number of benzene rings is 1. The SMILES string of the molecule is O=C(O)Cc1cn[nH]c1-c1cc2ccccc2o1. The first-order valence-electron chi connectivity index (χ1n) is 5.47. The molecule has 3 rings (SSSR count). The quantitative estimate of drug-likeness (QED) is 0.739. The molecule has 0 aliphatic heterocycles. The van der Waals surface area contributed by atoms with Crippen molar-refractivity contribution in [3.05, 3.63) is 42.1 Å². The number of carboxylic acids is 1. The number of fused-ring (bicyclic) bond motifs is 1. The van der Waals surface area contributed by atoms with Crippen LogP contribution in [0.3, 0.4) is 0 Å². The highest BCUT2D eigenvalue weighted by molar-refractivity contribution is 5.83. The largest absolute Gasteiger partial charge is 0.481 e. The molecule has 0 saturated heterocycles. The van der Waals surface area contributed by atoms with Gasteiger partial charge in [-0.05, 0) is 12.1 Å². The Bertz CT molecular complexity index is 679. The summed E-state index contributed by atoms with van der Waals surface area (Å²) >= 11 is 0. The third-order valence-corrected chi connectivity index (χ3v) is 2.73. The van der Waals surface area contributed by atoms with E-state index in [1.165, 1.54) is 6.20 Å². The molecule has 0 aliphatic carbocycles. The molecule has 0 saturated carbocycles. The molecule has 2 N–H and O–H groups in total. The molecule has 0 amide bonds. The highest BCUT2D eigenvalue weighted by Crippen LogP contribution is 2.28. The normalized spacial score (nSPS) is 10.9. The second kappa shape index (κ2) is 4.03. The minimum absolute atomic E-state index is 0.0805. The minimum Gasteiger partial charge on any atom is -0.481 e. The lowest BCUT2D eigenvalue weighted by atomic mass is 10.1. The van der Waals surface area contributed by atoms with Crippen LogP contribution in [0.5, 0.6) is 0 Å². The zero-order valence-corrected chi connectivity index (χ0v) is 9.38. The summed E-state index contributed by atoms with van der Waals surface area (Å²) in [5.41, 5.74) is 2.00. The molecule has 0 spiro atoms. The summed E-state index contributed by atoms with van der Waals surface area (Å²) in [5.74, 6) is -0.293. The maximum atomic E-state index is 10.8. The first-order valence-corrected chi connectivity index (χ1v) is 5.47. The molecule has 5 nitrogen and oxygen atoms in total. The number of nitrogens with one attached hydrogen (secondary N) is 1. The Morgan fingerprint density at radius 2 is 2.22 bits per heavy atom. The van der Waals surface area contributed by atoms with E-state index in [1.54, 1.807) is 0 Å². The fraction of sp³-hybridized carbons (Fsp3) is 0.0769. The molecule has 0 bridgehead atoms. The standard InChI is InChI=1S/C13H10N2O3/c16-12(17)6-9-7-14-15-13(9)11-5-8-3-1-2-4-10(8)18-11/h1-5,7H,6H2,(H,14,15)(H,16,17). The van der Waals surface area contributed by atoms with Crippen LogP contribution < -0.4 is 0 Å². The number of aromatic amines is 1. The van der Waals surface area contributed by atoms with Gasteiger partial charge in [-0.2, -0.15) is 5.10 Å². The molecule has 0 fully saturated rings. The van der Waals surface area contributed by atoms with Gasteiger partial charge in [0, 0.05) is 10.9 Å². The van der Waals surface area contributed by atoms with Gasteiger partial charge in [0.15, 0.2) is 5.76 Å². The van der Waals surface area contributed by atoms with Gasteiger partial charge in [-0.1, -0.05) is 18.2 Å². The van der Waals surface area contributed by atoms with Crippen LogP contribution in [0.25, 0.3) is 22.4 Å². The van der Waals surface area contributed by atoms with Crippen molar-refractivity contribution in [2.75, 3.05) is 0 Å². The van der Waals surface area contributed by atoms with E-state index in [-0.39, 0.29) is 6.42 Å². The summed E-state index contributed by atoms with van der Waals surface area (Å²) in [6.45, 7) is 0. The fourth-order valence-electron chi connectivity index (χ4n) is 1.93. The van der Waals surface area contributed by atoms with Crippen LogP contribution in [-0.2, 0) is 11.2 Å². The van der Waals surface area contributed by atoms with Crippen molar-refractivity contribution in [2.45, 2.75) is 6.42 Å². The average Bonchev–Trinajstić information content (AvgIpc) is 2.93. The van der Waals surface area contributed by atoms with E-state index in [1.807, 2.05) is 30.3 Å². The Labute approximate surface area is 102 Å². The Balaban J connectivity index is 2.08. The maximum absolute atomic E-state index is 10.8. The Kier molecular flexibility index (Phi) is 2.37. The van der Waals surface area contributed by atoms with Gasteiger partial charge in [0.2, 0.25) is 0 Å². The van der Waals surface area contributed by atoms with Crippen molar-refractivity contribution < 1.29 is 14.3 Å². The molecular weight excluding hydrogens is 232 g/mol. The lowest BCUT2D eigenvalue weighted by Gasteiger charge is -1.95. The summed E-state index contributed by atoms with van der Waals surface area (Å²) in [7, 11) is 0. The summed E-state index contributed by atoms with van der Waals surface area (Å²) < 4.78 is 5.67. The number of para-hydroxylation sites is 1. The number of H-pyrrole nitrogens is 1. The number of nitrogens with zero attached hydrogens (tertiary/aromatic N) is 1. The van der Waals surface area contributed by atoms with Crippen molar-refractivity contribution in [1.82, 2.24) is 10.2 Å². The Morgan fingerprint density at radius 3 is 3.00 bits per heavy atom. The average molecular weight is 242 g/mol. The number of carboxylic acid groups (broad SMARTS) is 1. The predicted octanol–water partition coefficient (Wildman–Crippen LogP) is 2.45. The van der Waals surface area contributed by atoms with Crippen LogP contribution in [0.1, 0.15) is 5.56 Å². The first-order chi connectivity index (χ1) is 8.74. The van der Waals surface area contributed by atoms with Crippen molar-refractivity contribution >= 4 is 16.9 Å². The number of aliphatic carboxylic acids is 1. The van der Waals surface area contributed by atoms with Gasteiger partial charge in [0.25, 0.3) is 0 Å². The number of hydrogen-bond donors (Lipinski definition) is 2. The number of carbonyl (C=O) groups is 1. The first kappa shape index (κ1) is 10.6. The molecule has 1 aromatic carbocycles. The highest BCUT2D eigenvalue weighted by Gasteiger charge is 2.14. The topological polar surface area (TPSA) is 79.1 Å². The van der Waals surface area contributed by atoms with E-state index in [0.717, 1.165) is 11.0 Å². The minimum atomic E-state index is -0.895. The van der Waals surface area contributed by atoms with Gasteiger partial charge in [0.1, 0.15) is 11.3 Å². The fourth-order valence-corrected chi connectivity index (χ4v) is 1.93. The number of furan rings is 1. The van der Waals surface area contributed by atoms with E-state index in [0.29, 0.717) is 17.0 Å². The Hall–Kier alpha value is -2.56. The van der Waals surface area contributed by atoms with Crippen LogP contribution in [0.2, 0.25) is 0 Å². The van der Waals surface area contributed by atoms with Gasteiger partial charge >= 0.3 is 5.97 Å². The van der Waals surface area contributed by atoms with Crippen LogP contribution >= 0.6 is 0 Å². The molecule has 0 radical (unpaired) electrons. The van der Waals surface area contributed by atoms with E-state index < -0.39 is 5.97 Å². The number of aromatic nitrogens is 2. The summed E-state index contributed by atoms with van der Waals surface area (Å²) in [6, 6.07) is 9.49. The maximum Gasteiger partial charge on any atom is 0.307 e. The third-order valence-electron chi connectivity index (χ3n) is 2.73. The zero-order chi connectivity index (χ0) is 12.5. The van der Waals surface area contributed by atoms with Crippen molar-refractivity contribution in [3.8, 4) is 11.5 Å². The number of hydrogen-bond acceptors (Lipinski definition) is 3. The van der Waals surface area contributed by atoms with E-state index in [9.17, 15) is 4.79 Å². The van der Waals surface area contributed by atoms with E-state index >= 15 is 0 Å². The van der Waals surface area contributed by atoms with E-state index in [2.05, 4.69) is 10.2 Å². The highest BCUT2D eigenvalue weighted by atomic mass is 16.4. The van der Waals surface area contributed by atoms with Crippen LogP contribution in [0, 0.1) is 0 Å². The molecule has 5 heteroatoms. The molecule has 2 aromatic heterocycles. The van der Waals surface area contributed by atoms with Crippen molar-refractivity contribution in [3.63, 3.8) is 0 Å². The van der Waals surface area contributed by atoms with Crippen molar-refractivity contribution in [2.24, 2.45) is 0 Å². The summed E-state index contributed by atoms with van der Waals surface area (Å²) in [4.78, 5) is 10.8. The van der Waals surface area contributed by atoms with E-state index in [4.69, 9.17) is 9.52 Å². The summed E-state index contributed by atoms with van der Waals surface area (Å²) in [5, 5.41) is 16.5. The van der Waals surface area contributed by atoms with Gasteiger partial charge < -0.3 is 9.52 Å². The molecular formula is C13H10N2O3. The molecule has 2 heterocycles.